The van der Waals surface area contributed by atoms with Crippen LogP contribution in [-0.4, -0.2) is 24.2 Å². The molecule has 0 radical (unpaired) electrons. The first-order chi connectivity index (χ1) is 9.72. The summed E-state index contributed by atoms with van der Waals surface area (Å²) in [4.78, 5) is 12.9. The van der Waals surface area contributed by atoms with Crippen LogP contribution in [0.25, 0.3) is 10.8 Å². The van der Waals surface area contributed by atoms with Gasteiger partial charge in [0, 0.05) is 30.6 Å². The number of anilines is 1. The zero-order valence-corrected chi connectivity index (χ0v) is 11.9. The van der Waals surface area contributed by atoms with Gasteiger partial charge < -0.3 is 10.0 Å². The summed E-state index contributed by atoms with van der Waals surface area (Å²) in [6.45, 7) is 3.97. The molecule has 1 N–H and O–H groups in total. The highest BCUT2D eigenvalue weighted by Crippen LogP contribution is 2.26. The summed E-state index contributed by atoms with van der Waals surface area (Å²) in [5.41, 5.74) is 1.24. The van der Waals surface area contributed by atoms with E-state index < -0.39 is 5.97 Å². The lowest BCUT2D eigenvalue weighted by molar-refractivity contribution is -0.137. The largest absolute Gasteiger partial charge is 0.481 e. The molecule has 0 bridgehead atoms. The fourth-order valence-corrected chi connectivity index (χ4v) is 2.51. The van der Waals surface area contributed by atoms with Crippen molar-refractivity contribution in [3.63, 3.8) is 0 Å². The summed E-state index contributed by atoms with van der Waals surface area (Å²) < 4.78 is 0. The maximum absolute atomic E-state index is 10.5. The van der Waals surface area contributed by atoms with E-state index in [9.17, 15) is 4.79 Å². The Kier molecular flexibility index (Phi) is 4.99. The molecule has 2 rings (SSSR count). The molecule has 0 aliphatic rings. The normalized spacial score (nSPS) is 10.7. The Labute approximate surface area is 119 Å². The molecule has 0 unspecified atom stereocenters. The van der Waals surface area contributed by atoms with Crippen LogP contribution in [0.3, 0.4) is 0 Å². The molecule has 0 heterocycles. The van der Waals surface area contributed by atoms with Gasteiger partial charge in [0.25, 0.3) is 0 Å². The van der Waals surface area contributed by atoms with Crippen LogP contribution in [0, 0.1) is 0 Å². The summed E-state index contributed by atoms with van der Waals surface area (Å²) in [7, 11) is 0. The van der Waals surface area contributed by atoms with Gasteiger partial charge in [0.2, 0.25) is 0 Å². The number of fused-ring (bicyclic) bond motifs is 1. The van der Waals surface area contributed by atoms with Crippen molar-refractivity contribution in [2.45, 2.75) is 26.2 Å². The van der Waals surface area contributed by atoms with E-state index in [1.807, 2.05) is 0 Å². The highest BCUT2D eigenvalue weighted by Gasteiger charge is 2.08. The first kappa shape index (κ1) is 14.4. The molecule has 0 aromatic heterocycles. The van der Waals surface area contributed by atoms with E-state index in [1.165, 1.54) is 16.5 Å². The summed E-state index contributed by atoms with van der Waals surface area (Å²) in [6.07, 6.45) is 1.90. The Morgan fingerprint density at radius 1 is 1.10 bits per heavy atom. The van der Waals surface area contributed by atoms with Gasteiger partial charge in [0.05, 0.1) is 0 Å². The van der Waals surface area contributed by atoms with E-state index in [1.54, 1.807) is 0 Å². The van der Waals surface area contributed by atoms with Crippen LogP contribution in [0.4, 0.5) is 5.69 Å². The first-order valence-electron chi connectivity index (χ1n) is 7.17. The molecule has 106 valence electrons. The first-order valence-corrected chi connectivity index (χ1v) is 7.17. The van der Waals surface area contributed by atoms with Gasteiger partial charge in [0.15, 0.2) is 0 Å². The summed E-state index contributed by atoms with van der Waals surface area (Å²) in [5, 5.41) is 11.2. The van der Waals surface area contributed by atoms with Crippen LogP contribution < -0.4 is 4.90 Å². The molecule has 0 spiro atoms. The second-order valence-corrected chi connectivity index (χ2v) is 4.93. The standard InChI is InChI=1S/C17H21NO2/c1-2-18(13-6-5-12-17(19)20)16-11-7-9-14-8-3-4-10-15(14)16/h3-4,7-11H,2,5-6,12-13H2,1H3,(H,19,20). The van der Waals surface area contributed by atoms with Crippen molar-refractivity contribution in [3.8, 4) is 0 Å². The van der Waals surface area contributed by atoms with Gasteiger partial charge in [-0.05, 0) is 31.2 Å². The number of carbonyl (C=O) groups is 1. The Morgan fingerprint density at radius 2 is 1.85 bits per heavy atom. The number of carboxylic acid groups (broad SMARTS) is 1. The zero-order valence-electron chi connectivity index (χ0n) is 11.9. The lowest BCUT2D eigenvalue weighted by Gasteiger charge is -2.24. The minimum absolute atomic E-state index is 0.257. The number of benzene rings is 2. The number of carboxylic acids is 1. The van der Waals surface area contributed by atoms with Crippen LogP contribution in [0.2, 0.25) is 0 Å². The number of hydrogen-bond acceptors (Lipinski definition) is 2. The number of aliphatic carboxylic acids is 1. The zero-order chi connectivity index (χ0) is 14.4. The molecule has 0 amide bonds. The molecule has 2 aromatic rings. The molecule has 3 nitrogen and oxygen atoms in total. The monoisotopic (exact) mass is 271 g/mol. The van der Waals surface area contributed by atoms with Crippen LogP contribution in [0.5, 0.6) is 0 Å². The van der Waals surface area contributed by atoms with Gasteiger partial charge in [-0.2, -0.15) is 0 Å². The third kappa shape index (κ3) is 3.50. The summed E-state index contributed by atoms with van der Waals surface area (Å²) >= 11 is 0. The Balaban J connectivity index is 2.11. The van der Waals surface area contributed by atoms with E-state index in [0.717, 1.165) is 25.9 Å². The average Bonchev–Trinajstić information content (AvgIpc) is 2.47. The fourth-order valence-electron chi connectivity index (χ4n) is 2.51. The van der Waals surface area contributed by atoms with E-state index in [2.05, 4.69) is 54.3 Å². The number of hydrogen-bond donors (Lipinski definition) is 1. The SMILES string of the molecule is CCN(CCCCC(=O)O)c1cccc2ccccc12. The van der Waals surface area contributed by atoms with Gasteiger partial charge >= 0.3 is 5.97 Å². The molecule has 3 heteroatoms. The van der Waals surface area contributed by atoms with E-state index in [0.29, 0.717) is 0 Å². The number of rotatable bonds is 7. The second-order valence-electron chi connectivity index (χ2n) is 4.93. The Hall–Kier alpha value is -2.03. The predicted octanol–water partition coefficient (Wildman–Crippen LogP) is 3.92. The van der Waals surface area contributed by atoms with Crippen LogP contribution in [0.1, 0.15) is 26.2 Å². The molecule has 0 aliphatic heterocycles. The lowest BCUT2D eigenvalue weighted by atomic mass is 10.1. The molecule has 2 aromatic carbocycles. The van der Waals surface area contributed by atoms with E-state index >= 15 is 0 Å². The molecule has 20 heavy (non-hydrogen) atoms. The third-order valence-corrected chi connectivity index (χ3v) is 3.56. The van der Waals surface area contributed by atoms with Gasteiger partial charge in [0.1, 0.15) is 0 Å². The van der Waals surface area contributed by atoms with E-state index in [4.69, 9.17) is 5.11 Å². The predicted molar refractivity (Wildman–Crippen MR) is 83.3 cm³/mol. The van der Waals surface area contributed by atoms with Crippen molar-refractivity contribution in [1.82, 2.24) is 0 Å². The molecular formula is C17H21NO2. The Bertz CT molecular complexity index is 575. The third-order valence-electron chi connectivity index (χ3n) is 3.56. The highest BCUT2D eigenvalue weighted by molar-refractivity contribution is 5.94. The topological polar surface area (TPSA) is 40.5 Å². The second kappa shape index (κ2) is 6.94. The maximum Gasteiger partial charge on any atom is 0.303 e. The summed E-state index contributed by atoms with van der Waals surface area (Å²) in [6, 6.07) is 14.7. The van der Waals surface area contributed by atoms with Gasteiger partial charge in [-0.25, -0.2) is 0 Å². The smallest absolute Gasteiger partial charge is 0.303 e. The molecular weight excluding hydrogens is 250 g/mol. The fraction of sp³-hybridized carbons (Fsp3) is 0.353. The molecule has 0 fully saturated rings. The maximum atomic E-state index is 10.5. The lowest BCUT2D eigenvalue weighted by Crippen LogP contribution is -2.24. The van der Waals surface area contributed by atoms with Gasteiger partial charge in [-0.3, -0.25) is 4.79 Å². The van der Waals surface area contributed by atoms with Crippen molar-refractivity contribution in [3.05, 3.63) is 42.5 Å². The van der Waals surface area contributed by atoms with Crippen molar-refractivity contribution < 1.29 is 9.90 Å². The minimum Gasteiger partial charge on any atom is -0.481 e. The molecule has 0 aliphatic carbocycles. The summed E-state index contributed by atoms with van der Waals surface area (Å²) in [5.74, 6) is -0.710. The van der Waals surface area contributed by atoms with Crippen LogP contribution >= 0.6 is 0 Å². The highest BCUT2D eigenvalue weighted by atomic mass is 16.4. The molecule has 0 saturated heterocycles. The van der Waals surface area contributed by atoms with Gasteiger partial charge in [-0.15, -0.1) is 0 Å². The van der Waals surface area contributed by atoms with Crippen LogP contribution in [-0.2, 0) is 4.79 Å². The Morgan fingerprint density at radius 3 is 2.60 bits per heavy atom. The van der Waals surface area contributed by atoms with Gasteiger partial charge in [-0.1, -0.05) is 36.4 Å². The molecule has 0 saturated carbocycles. The van der Waals surface area contributed by atoms with Crippen molar-refractivity contribution in [2.75, 3.05) is 18.0 Å². The van der Waals surface area contributed by atoms with Crippen molar-refractivity contribution in [1.29, 1.82) is 0 Å². The molecule has 0 atom stereocenters. The minimum atomic E-state index is -0.710. The van der Waals surface area contributed by atoms with Crippen molar-refractivity contribution >= 4 is 22.4 Å². The number of unbranched alkanes of at least 4 members (excludes halogenated alkanes) is 1. The van der Waals surface area contributed by atoms with E-state index in [-0.39, 0.29) is 6.42 Å². The van der Waals surface area contributed by atoms with Crippen molar-refractivity contribution in [2.24, 2.45) is 0 Å². The van der Waals surface area contributed by atoms with Crippen LogP contribution in [0.15, 0.2) is 42.5 Å². The average molecular weight is 271 g/mol. The number of nitrogens with zero attached hydrogens (tertiary/aromatic N) is 1. The quantitative estimate of drug-likeness (QED) is 0.776.